The molecule has 0 heterocycles. The van der Waals surface area contributed by atoms with E-state index in [9.17, 15) is 17.6 Å². The summed E-state index contributed by atoms with van der Waals surface area (Å²) in [4.78, 5) is 11.7. The summed E-state index contributed by atoms with van der Waals surface area (Å²) in [5.74, 6) is -1.22. The number of methoxy groups -OCH3 is 1. The van der Waals surface area contributed by atoms with Gasteiger partial charge in [0.2, 0.25) is 10.0 Å². The van der Waals surface area contributed by atoms with E-state index in [2.05, 4.69) is 9.46 Å². The summed E-state index contributed by atoms with van der Waals surface area (Å²) in [6.45, 7) is 0. The number of ether oxygens (including phenoxy) is 1. The molecule has 0 saturated heterocycles. The maximum absolute atomic E-state index is 13.0. The second-order valence-corrected chi connectivity index (χ2v) is 7.63. The Morgan fingerprint density at radius 3 is 2.40 bits per heavy atom. The Morgan fingerprint density at radius 2 is 1.84 bits per heavy atom. The van der Waals surface area contributed by atoms with Crippen molar-refractivity contribution in [2.75, 3.05) is 7.11 Å². The minimum Gasteiger partial charge on any atom is -0.468 e. The topological polar surface area (TPSA) is 72.5 Å². The van der Waals surface area contributed by atoms with Crippen LogP contribution in [0.5, 0.6) is 0 Å². The fraction of sp³-hybridized carbons (Fsp3) is 0.188. The molecule has 0 fully saturated rings. The van der Waals surface area contributed by atoms with E-state index in [4.69, 9.17) is 23.2 Å². The molecule has 2 aromatic carbocycles. The van der Waals surface area contributed by atoms with E-state index in [0.717, 1.165) is 7.11 Å². The number of hydrogen-bond donors (Lipinski definition) is 1. The van der Waals surface area contributed by atoms with Crippen LogP contribution in [0.3, 0.4) is 0 Å². The van der Waals surface area contributed by atoms with Gasteiger partial charge in [-0.2, -0.15) is 4.72 Å². The number of benzene rings is 2. The minimum absolute atomic E-state index is 0.0165. The monoisotopic (exact) mass is 405 g/mol. The Morgan fingerprint density at radius 1 is 1.20 bits per heavy atom. The van der Waals surface area contributed by atoms with Gasteiger partial charge in [0.25, 0.3) is 0 Å². The van der Waals surface area contributed by atoms with Gasteiger partial charge in [0.05, 0.1) is 12.1 Å². The van der Waals surface area contributed by atoms with Crippen molar-refractivity contribution in [3.63, 3.8) is 0 Å². The van der Waals surface area contributed by atoms with Crippen LogP contribution in [0.1, 0.15) is 5.56 Å². The average Bonchev–Trinajstić information content (AvgIpc) is 2.55. The molecule has 1 atom stereocenters. The molecule has 25 heavy (non-hydrogen) atoms. The first kappa shape index (κ1) is 19.7. The number of sulfonamides is 1. The van der Waals surface area contributed by atoms with Crippen molar-refractivity contribution < 1.29 is 22.3 Å². The lowest BCUT2D eigenvalue weighted by Gasteiger charge is -2.17. The molecule has 9 heteroatoms. The van der Waals surface area contributed by atoms with Crippen molar-refractivity contribution in [2.45, 2.75) is 17.4 Å². The zero-order chi connectivity index (χ0) is 18.6. The first-order valence-electron chi connectivity index (χ1n) is 7.02. The van der Waals surface area contributed by atoms with Crippen LogP contribution in [0.2, 0.25) is 10.0 Å². The Labute approximate surface area is 154 Å². The van der Waals surface area contributed by atoms with Crippen molar-refractivity contribution in [1.82, 2.24) is 4.72 Å². The SMILES string of the molecule is COC(=O)C(Cc1ccc(F)cc1)NS(=O)(=O)c1ccc(Cl)cc1Cl. The Kier molecular flexibility index (Phi) is 6.40. The third kappa shape index (κ3) is 5.15. The van der Waals surface area contributed by atoms with Gasteiger partial charge in [0, 0.05) is 5.02 Å². The molecular weight excluding hydrogens is 392 g/mol. The number of hydrogen-bond acceptors (Lipinski definition) is 4. The molecule has 0 saturated carbocycles. The number of esters is 1. The van der Waals surface area contributed by atoms with E-state index in [-0.39, 0.29) is 21.4 Å². The minimum atomic E-state index is -4.11. The molecule has 0 radical (unpaired) electrons. The molecule has 0 spiro atoms. The van der Waals surface area contributed by atoms with Crippen molar-refractivity contribution >= 4 is 39.2 Å². The quantitative estimate of drug-likeness (QED) is 0.748. The van der Waals surface area contributed by atoms with Gasteiger partial charge in [-0.1, -0.05) is 35.3 Å². The summed E-state index contributed by atoms with van der Waals surface area (Å²) in [5.41, 5.74) is 0.557. The van der Waals surface area contributed by atoms with E-state index in [0.29, 0.717) is 5.56 Å². The Hall–Kier alpha value is -1.67. The molecule has 0 aliphatic carbocycles. The van der Waals surface area contributed by atoms with Crippen molar-refractivity contribution in [3.05, 3.63) is 63.9 Å². The summed E-state index contributed by atoms with van der Waals surface area (Å²) in [7, 11) is -2.96. The number of nitrogens with one attached hydrogen (secondary N) is 1. The molecule has 0 aliphatic rings. The standard InChI is InChI=1S/C16H14Cl2FNO4S/c1-24-16(21)14(8-10-2-5-12(19)6-3-10)20-25(22,23)15-7-4-11(17)9-13(15)18/h2-7,9,14,20H,8H2,1H3. The zero-order valence-corrected chi connectivity index (χ0v) is 15.3. The molecule has 2 rings (SSSR count). The van der Waals surface area contributed by atoms with Crippen LogP contribution in [-0.2, 0) is 26.0 Å². The van der Waals surface area contributed by atoms with Gasteiger partial charge < -0.3 is 4.74 Å². The third-order valence-corrected chi connectivity index (χ3v) is 5.51. The summed E-state index contributed by atoms with van der Waals surface area (Å²) in [6.07, 6.45) is -0.0165. The number of carbonyl (C=O) groups is 1. The van der Waals surface area contributed by atoms with Gasteiger partial charge in [0.15, 0.2) is 0 Å². The first-order chi connectivity index (χ1) is 11.7. The smallest absolute Gasteiger partial charge is 0.324 e. The Balaban J connectivity index is 2.29. The number of carbonyl (C=O) groups excluding carboxylic acids is 1. The van der Waals surface area contributed by atoms with E-state index in [1.807, 2.05) is 0 Å². The molecule has 0 bridgehead atoms. The van der Waals surface area contributed by atoms with Crippen LogP contribution in [0.15, 0.2) is 47.4 Å². The molecule has 0 aromatic heterocycles. The zero-order valence-electron chi connectivity index (χ0n) is 13.0. The van der Waals surface area contributed by atoms with Crippen molar-refractivity contribution in [2.24, 2.45) is 0 Å². The highest BCUT2D eigenvalue weighted by Gasteiger charge is 2.28. The molecule has 1 N–H and O–H groups in total. The maximum atomic E-state index is 13.0. The highest BCUT2D eigenvalue weighted by atomic mass is 35.5. The largest absolute Gasteiger partial charge is 0.468 e. The predicted molar refractivity (Wildman–Crippen MR) is 92.7 cm³/mol. The summed E-state index contributed by atoms with van der Waals surface area (Å²) < 4.78 is 45.0. The second kappa shape index (κ2) is 8.14. The molecule has 2 aromatic rings. The fourth-order valence-corrected chi connectivity index (χ4v) is 4.07. The highest BCUT2D eigenvalue weighted by Crippen LogP contribution is 2.25. The molecule has 5 nitrogen and oxygen atoms in total. The van der Waals surface area contributed by atoms with Gasteiger partial charge in [-0.15, -0.1) is 0 Å². The van der Waals surface area contributed by atoms with E-state index < -0.39 is 27.9 Å². The van der Waals surface area contributed by atoms with Crippen molar-refractivity contribution in [1.29, 1.82) is 0 Å². The lowest BCUT2D eigenvalue weighted by atomic mass is 10.1. The molecule has 1 unspecified atom stereocenters. The van der Waals surface area contributed by atoms with Crippen LogP contribution in [0.25, 0.3) is 0 Å². The maximum Gasteiger partial charge on any atom is 0.324 e. The van der Waals surface area contributed by atoms with Gasteiger partial charge in [0.1, 0.15) is 16.8 Å². The van der Waals surface area contributed by atoms with E-state index >= 15 is 0 Å². The van der Waals surface area contributed by atoms with Crippen LogP contribution in [0.4, 0.5) is 4.39 Å². The van der Waals surface area contributed by atoms with Gasteiger partial charge in [-0.25, -0.2) is 12.8 Å². The first-order valence-corrected chi connectivity index (χ1v) is 9.26. The lowest BCUT2D eigenvalue weighted by molar-refractivity contribution is -0.142. The number of rotatable bonds is 6. The number of halogens is 3. The van der Waals surface area contributed by atoms with Crippen LogP contribution < -0.4 is 4.72 Å². The normalized spacial score (nSPS) is 12.6. The second-order valence-electron chi connectivity index (χ2n) is 5.10. The lowest BCUT2D eigenvalue weighted by Crippen LogP contribution is -2.43. The van der Waals surface area contributed by atoms with E-state index in [1.165, 1.54) is 42.5 Å². The summed E-state index contributed by atoms with van der Waals surface area (Å²) >= 11 is 11.7. The van der Waals surface area contributed by atoms with E-state index in [1.54, 1.807) is 0 Å². The van der Waals surface area contributed by atoms with Gasteiger partial charge in [-0.05, 0) is 42.3 Å². The summed E-state index contributed by atoms with van der Waals surface area (Å²) in [5, 5.41) is 0.199. The summed E-state index contributed by atoms with van der Waals surface area (Å²) in [6, 6.07) is 8.03. The Bertz CT molecular complexity index is 872. The predicted octanol–water partition coefficient (Wildman–Crippen LogP) is 3.20. The fourth-order valence-electron chi connectivity index (χ4n) is 2.12. The van der Waals surface area contributed by atoms with Crippen LogP contribution in [-0.4, -0.2) is 27.5 Å². The molecule has 134 valence electrons. The molecule has 0 aliphatic heterocycles. The van der Waals surface area contributed by atoms with Gasteiger partial charge in [-0.3, -0.25) is 4.79 Å². The molecular formula is C16H14Cl2FNO4S. The van der Waals surface area contributed by atoms with Gasteiger partial charge >= 0.3 is 5.97 Å². The third-order valence-electron chi connectivity index (χ3n) is 3.32. The molecule has 0 amide bonds. The highest BCUT2D eigenvalue weighted by molar-refractivity contribution is 7.89. The average molecular weight is 406 g/mol. The van der Waals surface area contributed by atoms with Crippen LogP contribution in [0, 0.1) is 5.82 Å². The van der Waals surface area contributed by atoms with Crippen LogP contribution >= 0.6 is 23.2 Å². The van der Waals surface area contributed by atoms with Crippen molar-refractivity contribution in [3.8, 4) is 0 Å².